The van der Waals surface area contributed by atoms with Gasteiger partial charge in [-0.15, -0.1) is 11.3 Å². The molecule has 0 bridgehead atoms. The molecule has 1 fully saturated rings. The third-order valence-corrected chi connectivity index (χ3v) is 5.67. The second-order valence-electron chi connectivity index (χ2n) is 7.19. The Kier molecular flexibility index (Phi) is 8.33. The first kappa shape index (κ1) is 20.8. The number of benzene rings is 1. The minimum atomic E-state index is 0.324. The zero-order valence-electron chi connectivity index (χ0n) is 17.0. The molecular formula is C22H32N4OS. The van der Waals surface area contributed by atoms with Gasteiger partial charge in [-0.1, -0.05) is 30.3 Å². The maximum Gasteiger partial charge on any atom is 0.191 e. The van der Waals surface area contributed by atoms with Crippen molar-refractivity contribution in [2.45, 2.75) is 39.5 Å². The molecule has 0 aliphatic carbocycles. The number of thiophene rings is 1. The molecule has 0 spiro atoms. The van der Waals surface area contributed by atoms with Crippen LogP contribution in [0.3, 0.4) is 0 Å². The summed E-state index contributed by atoms with van der Waals surface area (Å²) < 4.78 is 5.64. The van der Waals surface area contributed by atoms with Crippen LogP contribution in [0.25, 0.3) is 0 Å². The molecule has 0 radical (unpaired) electrons. The van der Waals surface area contributed by atoms with E-state index in [1.165, 1.54) is 16.0 Å². The largest absolute Gasteiger partial charge is 0.376 e. The van der Waals surface area contributed by atoms with Gasteiger partial charge in [0.1, 0.15) is 0 Å². The van der Waals surface area contributed by atoms with E-state index in [0.29, 0.717) is 12.6 Å². The monoisotopic (exact) mass is 400 g/mol. The molecular weight excluding hydrogens is 368 g/mol. The number of ether oxygens (including phenoxy) is 1. The number of hydrogen-bond acceptors (Lipinski definition) is 4. The van der Waals surface area contributed by atoms with Crippen LogP contribution in [0.2, 0.25) is 0 Å². The number of hydrogen-bond donors (Lipinski definition) is 2. The van der Waals surface area contributed by atoms with E-state index in [-0.39, 0.29) is 0 Å². The molecule has 1 atom stereocenters. The lowest BCUT2D eigenvalue weighted by Gasteiger charge is -2.31. The molecule has 1 aliphatic heterocycles. The van der Waals surface area contributed by atoms with Gasteiger partial charge in [-0.3, -0.25) is 4.90 Å². The quantitative estimate of drug-likeness (QED) is 0.527. The van der Waals surface area contributed by atoms with Crippen LogP contribution < -0.4 is 10.6 Å². The molecule has 1 aromatic carbocycles. The molecule has 6 heteroatoms. The SMILES string of the molecule is CCNC(=NCc1cccc(CN2CCOC(C)C2)c1)NCCc1cccs1. The number of aliphatic imine (C=N–C) groups is 1. The molecule has 0 saturated carbocycles. The molecule has 1 saturated heterocycles. The van der Waals surface area contributed by atoms with Crippen LogP contribution in [0, 0.1) is 0 Å². The lowest BCUT2D eigenvalue weighted by Crippen LogP contribution is -2.40. The number of guanidine groups is 1. The van der Waals surface area contributed by atoms with Crippen molar-refractivity contribution in [3.05, 3.63) is 57.8 Å². The van der Waals surface area contributed by atoms with Gasteiger partial charge >= 0.3 is 0 Å². The normalized spacial score (nSPS) is 18.2. The fraction of sp³-hybridized carbons (Fsp3) is 0.500. The molecule has 152 valence electrons. The Labute approximate surface area is 172 Å². The highest BCUT2D eigenvalue weighted by Crippen LogP contribution is 2.13. The van der Waals surface area contributed by atoms with E-state index >= 15 is 0 Å². The van der Waals surface area contributed by atoms with Crippen LogP contribution in [-0.2, 0) is 24.2 Å². The summed E-state index contributed by atoms with van der Waals surface area (Å²) in [4.78, 5) is 8.63. The lowest BCUT2D eigenvalue weighted by molar-refractivity contribution is -0.0212. The van der Waals surface area contributed by atoms with Crippen LogP contribution in [0.5, 0.6) is 0 Å². The molecule has 1 aliphatic rings. The molecule has 1 aromatic heterocycles. The van der Waals surface area contributed by atoms with Gasteiger partial charge in [0.2, 0.25) is 0 Å². The molecule has 3 rings (SSSR count). The zero-order valence-corrected chi connectivity index (χ0v) is 17.8. The van der Waals surface area contributed by atoms with Crippen molar-refractivity contribution in [3.63, 3.8) is 0 Å². The maximum absolute atomic E-state index is 5.64. The minimum absolute atomic E-state index is 0.324. The van der Waals surface area contributed by atoms with Gasteiger partial charge in [0.15, 0.2) is 5.96 Å². The van der Waals surface area contributed by atoms with Gasteiger partial charge in [-0.05, 0) is 42.8 Å². The summed E-state index contributed by atoms with van der Waals surface area (Å²) in [6.07, 6.45) is 1.35. The van der Waals surface area contributed by atoms with Crippen molar-refractivity contribution < 1.29 is 4.74 Å². The van der Waals surface area contributed by atoms with Crippen LogP contribution in [0.4, 0.5) is 0 Å². The van der Waals surface area contributed by atoms with Crippen molar-refractivity contribution in [3.8, 4) is 0 Å². The summed E-state index contributed by atoms with van der Waals surface area (Å²) in [6, 6.07) is 13.1. The smallest absolute Gasteiger partial charge is 0.191 e. The van der Waals surface area contributed by atoms with E-state index in [9.17, 15) is 0 Å². The van der Waals surface area contributed by atoms with E-state index < -0.39 is 0 Å². The van der Waals surface area contributed by atoms with E-state index in [1.54, 1.807) is 11.3 Å². The highest BCUT2D eigenvalue weighted by Gasteiger charge is 2.16. The first-order chi connectivity index (χ1) is 13.7. The van der Waals surface area contributed by atoms with Crippen molar-refractivity contribution in [2.24, 2.45) is 4.99 Å². The number of rotatable bonds is 8. The van der Waals surface area contributed by atoms with Gasteiger partial charge in [0.25, 0.3) is 0 Å². The van der Waals surface area contributed by atoms with E-state index in [1.807, 2.05) is 0 Å². The predicted molar refractivity (Wildman–Crippen MR) is 118 cm³/mol. The van der Waals surface area contributed by atoms with Gasteiger partial charge in [-0.25, -0.2) is 4.99 Å². The fourth-order valence-electron chi connectivity index (χ4n) is 3.39. The summed E-state index contributed by atoms with van der Waals surface area (Å²) in [5, 5.41) is 8.90. The summed E-state index contributed by atoms with van der Waals surface area (Å²) in [5.74, 6) is 0.881. The Bertz CT molecular complexity index is 732. The highest BCUT2D eigenvalue weighted by atomic mass is 32.1. The first-order valence-electron chi connectivity index (χ1n) is 10.2. The summed E-state index contributed by atoms with van der Waals surface area (Å²) in [6.45, 7) is 10.5. The summed E-state index contributed by atoms with van der Waals surface area (Å²) in [7, 11) is 0. The first-order valence-corrected chi connectivity index (χ1v) is 11.1. The maximum atomic E-state index is 5.64. The van der Waals surface area contributed by atoms with Crippen molar-refractivity contribution in [1.82, 2.24) is 15.5 Å². The molecule has 5 nitrogen and oxygen atoms in total. The topological polar surface area (TPSA) is 48.9 Å². The van der Waals surface area contributed by atoms with Gasteiger partial charge in [0.05, 0.1) is 19.3 Å². The van der Waals surface area contributed by atoms with E-state index in [0.717, 1.165) is 51.7 Å². The second kappa shape index (κ2) is 11.2. The number of morpholine rings is 1. The molecule has 1 unspecified atom stereocenters. The van der Waals surface area contributed by atoms with Gasteiger partial charge < -0.3 is 15.4 Å². The zero-order chi connectivity index (χ0) is 19.6. The molecule has 2 aromatic rings. The summed E-state index contributed by atoms with van der Waals surface area (Å²) in [5.41, 5.74) is 2.59. The molecule has 2 heterocycles. The predicted octanol–water partition coefficient (Wildman–Crippen LogP) is 3.27. The molecule has 2 N–H and O–H groups in total. The molecule has 28 heavy (non-hydrogen) atoms. The number of nitrogens with one attached hydrogen (secondary N) is 2. The van der Waals surface area contributed by atoms with Crippen molar-refractivity contribution in [1.29, 1.82) is 0 Å². The van der Waals surface area contributed by atoms with Crippen LogP contribution in [0.1, 0.15) is 29.9 Å². The van der Waals surface area contributed by atoms with Gasteiger partial charge in [-0.2, -0.15) is 0 Å². The van der Waals surface area contributed by atoms with E-state index in [2.05, 4.69) is 71.2 Å². The Morgan fingerprint density at radius 3 is 2.93 bits per heavy atom. The highest BCUT2D eigenvalue weighted by molar-refractivity contribution is 7.09. The van der Waals surface area contributed by atoms with Crippen LogP contribution in [-0.4, -0.2) is 49.7 Å². The third-order valence-electron chi connectivity index (χ3n) is 4.73. The fourth-order valence-corrected chi connectivity index (χ4v) is 4.10. The Hall–Kier alpha value is -1.89. The molecule has 0 amide bonds. The average molecular weight is 401 g/mol. The van der Waals surface area contributed by atoms with Crippen LogP contribution in [0.15, 0.2) is 46.8 Å². The number of nitrogens with zero attached hydrogens (tertiary/aromatic N) is 2. The average Bonchev–Trinajstić information content (AvgIpc) is 3.20. The third kappa shape index (κ3) is 6.93. The Morgan fingerprint density at radius 1 is 1.25 bits per heavy atom. The second-order valence-corrected chi connectivity index (χ2v) is 8.22. The Balaban J connectivity index is 1.52. The van der Waals surface area contributed by atoms with E-state index in [4.69, 9.17) is 9.73 Å². The van der Waals surface area contributed by atoms with Crippen LogP contribution >= 0.6 is 11.3 Å². The van der Waals surface area contributed by atoms with Crippen molar-refractivity contribution >= 4 is 17.3 Å². The Morgan fingerprint density at radius 2 is 2.14 bits per heavy atom. The standard InChI is InChI=1S/C22H32N4OS/c1-3-23-22(24-10-9-21-8-5-13-28-21)25-15-19-6-4-7-20(14-19)17-26-11-12-27-18(2)16-26/h4-8,13-14,18H,3,9-12,15-17H2,1-2H3,(H2,23,24,25). The lowest BCUT2D eigenvalue weighted by atomic mass is 10.1. The minimum Gasteiger partial charge on any atom is -0.376 e. The van der Waals surface area contributed by atoms with Crippen molar-refractivity contribution in [2.75, 3.05) is 32.8 Å². The summed E-state index contributed by atoms with van der Waals surface area (Å²) >= 11 is 1.80. The van der Waals surface area contributed by atoms with Gasteiger partial charge in [0, 0.05) is 37.6 Å².